The van der Waals surface area contributed by atoms with Crippen molar-refractivity contribution in [3.63, 3.8) is 0 Å². The maximum atomic E-state index is 12.3. The van der Waals surface area contributed by atoms with E-state index >= 15 is 0 Å². The minimum Gasteiger partial charge on any atom is -0.489 e. The van der Waals surface area contributed by atoms with E-state index in [-0.39, 0.29) is 7.21 Å². The summed E-state index contributed by atoms with van der Waals surface area (Å²) in [5.74, 6) is 2.29. The van der Waals surface area contributed by atoms with Gasteiger partial charge in [-0.3, -0.25) is 4.79 Å². The predicted molar refractivity (Wildman–Crippen MR) is 154 cm³/mol. The van der Waals surface area contributed by atoms with Crippen molar-refractivity contribution in [3.8, 4) is 11.5 Å². The summed E-state index contributed by atoms with van der Waals surface area (Å²) in [7, 11) is 0. The van der Waals surface area contributed by atoms with Crippen LogP contribution in [0.25, 0.3) is 0 Å². The van der Waals surface area contributed by atoms with Crippen molar-refractivity contribution in [3.05, 3.63) is 106 Å². The Balaban J connectivity index is 0.00000223. The van der Waals surface area contributed by atoms with Crippen LogP contribution in [0.4, 0.5) is 0 Å². The fourth-order valence-electron chi connectivity index (χ4n) is 4.37. The molecule has 3 heteroatoms. The molecular weight excluding hydrogens is 444 g/mol. The molecule has 0 aromatic heterocycles. The fourth-order valence-corrected chi connectivity index (χ4v) is 4.37. The van der Waals surface area contributed by atoms with Gasteiger partial charge in [-0.05, 0) is 71.7 Å². The highest BCUT2D eigenvalue weighted by Crippen LogP contribution is 2.30. The molecule has 194 valence electrons. The Morgan fingerprint density at radius 3 is 1.92 bits per heavy atom. The molecule has 0 atom stereocenters. The first-order valence-electron chi connectivity index (χ1n) is 13.0. The summed E-state index contributed by atoms with van der Waals surface area (Å²) in [5.41, 5.74) is 7.68. The molecule has 0 spiro atoms. The number of carbonyl (C=O) groups is 1. The monoisotopic (exact) mass is 488 g/mol. The van der Waals surface area contributed by atoms with E-state index in [1.807, 2.05) is 63.2 Å². The Kier molecular flexibility index (Phi) is 11.0. The topological polar surface area (TPSA) is 35.5 Å². The second-order valence-electron chi connectivity index (χ2n) is 9.45. The minimum absolute atomic E-state index is 0. The van der Waals surface area contributed by atoms with Crippen molar-refractivity contribution in [2.75, 3.05) is 0 Å². The van der Waals surface area contributed by atoms with Crippen LogP contribution < -0.4 is 9.47 Å². The van der Waals surface area contributed by atoms with Crippen LogP contribution >= 0.6 is 0 Å². The first-order chi connectivity index (χ1) is 17.2. The Hall–Kier alpha value is -3.33. The summed E-state index contributed by atoms with van der Waals surface area (Å²) in [6, 6.07) is 18.0. The molecule has 0 heterocycles. The molecular formula is C33H44O3. The van der Waals surface area contributed by atoms with Gasteiger partial charge in [0, 0.05) is 18.6 Å². The van der Waals surface area contributed by atoms with Gasteiger partial charge in [-0.2, -0.15) is 0 Å². The Bertz CT molecular complexity index is 1180. The zero-order valence-corrected chi connectivity index (χ0v) is 23.3. The van der Waals surface area contributed by atoms with Crippen LogP contribution in [0.1, 0.15) is 98.5 Å². The number of allylic oxidation sites excluding steroid dienone is 1. The molecule has 3 nitrogen and oxygen atoms in total. The molecule has 3 aromatic rings. The predicted octanol–water partition coefficient (Wildman–Crippen LogP) is 9.35. The molecule has 0 saturated carbocycles. The molecule has 3 aromatic carbocycles. The van der Waals surface area contributed by atoms with Crippen LogP contribution in [0, 0.1) is 13.8 Å². The summed E-state index contributed by atoms with van der Waals surface area (Å²) in [6.07, 6.45) is 1.35. The number of rotatable bonds is 10. The Labute approximate surface area is 219 Å². The van der Waals surface area contributed by atoms with Gasteiger partial charge in [-0.25, -0.2) is 0 Å². The van der Waals surface area contributed by atoms with Crippen LogP contribution in [-0.2, 0) is 13.2 Å². The van der Waals surface area contributed by atoms with Gasteiger partial charge < -0.3 is 9.47 Å². The van der Waals surface area contributed by atoms with Crippen molar-refractivity contribution in [2.45, 2.75) is 80.4 Å². The van der Waals surface area contributed by atoms with Crippen LogP contribution in [-0.4, -0.2) is 5.78 Å². The molecule has 0 amide bonds. The number of benzene rings is 3. The lowest BCUT2D eigenvalue weighted by Crippen LogP contribution is -2.07. The van der Waals surface area contributed by atoms with Crippen LogP contribution in [0.2, 0.25) is 0 Å². The molecule has 0 aliphatic heterocycles. The summed E-state index contributed by atoms with van der Waals surface area (Å²) in [4.78, 5) is 12.3. The molecule has 0 fully saturated rings. The molecule has 0 radical (unpaired) electrons. The smallest absolute Gasteiger partial charge is 0.185 e. The normalized spacial score (nSPS) is 10.6. The maximum absolute atomic E-state index is 12.3. The molecule has 0 unspecified atom stereocenters. The second kappa shape index (κ2) is 13.7. The third-order valence-corrected chi connectivity index (χ3v) is 6.16. The first kappa shape index (κ1) is 28.9. The average Bonchev–Trinajstić information content (AvgIpc) is 2.86. The lowest BCUT2D eigenvalue weighted by Gasteiger charge is -2.19. The summed E-state index contributed by atoms with van der Waals surface area (Å²) in [5, 5.41) is 0. The molecule has 0 aliphatic rings. The average molecular weight is 489 g/mol. The highest BCUT2D eigenvalue weighted by atomic mass is 16.5. The van der Waals surface area contributed by atoms with Crippen LogP contribution in [0.3, 0.4) is 0 Å². The molecule has 0 bridgehead atoms. The molecule has 0 N–H and O–H groups in total. The van der Waals surface area contributed by atoms with E-state index in [9.17, 15) is 4.79 Å². The lowest BCUT2D eigenvalue weighted by molar-refractivity contribution is 0.104. The number of ketones is 1. The van der Waals surface area contributed by atoms with Crippen LogP contribution in [0.5, 0.6) is 11.5 Å². The van der Waals surface area contributed by atoms with Gasteiger partial charge in [0.15, 0.2) is 5.78 Å². The Morgan fingerprint density at radius 1 is 0.806 bits per heavy atom. The third kappa shape index (κ3) is 7.34. The third-order valence-electron chi connectivity index (χ3n) is 6.16. The molecule has 0 saturated heterocycles. The highest BCUT2D eigenvalue weighted by molar-refractivity contribution is 6.06. The number of hydrogen-bond donors (Lipinski definition) is 0. The maximum Gasteiger partial charge on any atom is 0.185 e. The molecule has 3 rings (SSSR count). The minimum atomic E-state index is -0.0893. The summed E-state index contributed by atoms with van der Waals surface area (Å²) < 4.78 is 12.2. The van der Waals surface area contributed by atoms with Gasteiger partial charge in [-0.15, -0.1) is 0 Å². The van der Waals surface area contributed by atoms with E-state index in [0.29, 0.717) is 36.4 Å². The van der Waals surface area contributed by atoms with Crippen molar-refractivity contribution < 1.29 is 15.7 Å². The second-order valence-corrected chi connectivity index (χ2v) is 9.45. The van der Waals surface area contributed by atoms with Gasteiger partial charge in [-0.1, -0.05) is 84.5 Å². The van der Waals surface area contributed by atoms with E-state index < -0.39 is 0 Å². The number of aryl methyl sites for hydroxylation is 2. The standard InChI is InChI=1S/C31H36O3.C2H6.H2/c1-8-30(32)31-22(6)11-9-12-24(31)18-33-26-13-10-14-27(16-26)34-19-25-15-23(7)28(20(2)3)17-29(25)21(4)5;1-2;/h8-17,20-21H,1,18-19H2,2-7H3;1-2H3;1H. The van der Waals surface area contributed by atoms with Crippen molar-refractivity contribution in [1.82, 2.24) is 0 Å². The Morgan fingerprint density at radius 2 is 1.36 bits per heavy atom. The number of carbonyl (C=O) groups excluding carboxylic acids is 1. The zero-order valence-electron chi connectivity index (χ0n) is 23.3. The van der Waals surface area contributed by atoms with E-state index in [1.165, 1.54) is 28.3 Å². The van der Waals surface area contributed by atoms with Crippen molar-refractivity contribution in [2.24, 2.45) is 0 Å². The summed E-state index contributed by atoms with van der Waals surface area (Å²) in [6.45, 7) is 21.5. The van der Waals surface area contributed by atoms with Gasteiger partial charge in [0.25, 0.3) is 0 Å². The highest BCUT2D eigenvalue weighted by Gasteiger charge is 2.14. The number of ether oxygens (including phenoxy) is 2. The van der Waals surface area contributed by atoms with Crippen molar-refractivity contribution in [1.29, 1.82) is 0 Å². The van der Waals surface area contributed by atoms with Crippen LogP contribution in [0.15, 0.2) is 67.3 Å². The number of hydrogen-bond acceptors (Lipinski definition) is 3. The van der Waals surface area contributed by atoms with Gasteiger partial charge in [0.05, 0.1) is 0 Å². The van der Waals surface area contributed by atoms with Gasteiger partial charge in [0.1, 0.15) is 24.7 Å². The van der Waals surface area contributed by atoms with E-state index in [1.54, 1.807) is 0 Å². The van der Waals surface area contributed by atoms with E-state index in [0.717, 1.165) is 16.9 Å². The molecule has 0 aliphatic carbocycles. The molecule has 36 heavy (non-hydrogen) atoms. The van der Waals surface area contributed by atoms with Gasteiger partial charge in [0.2, 0.25) is 0 Å². The van der Waals surface area contributed by atoms with Crippen molar-refractivity contribution >= 4 is 5.78 Å². The quantitative estimate of drug-likeness (QED) is 0.211. The lowest BCUT2D eigenvalue weighted by atomic mass is 9.88. The first-order valence-corrected chi connectivity index (χ1v) is 13.0. The summed E-state index contributed by atoms with van der Waals surface area (Å²) >= 11 is 0. The van der Waals surface area contributed by atoms with E-state index in [2.05, 4.69) is 53.3 Å². The van der Waals surface area contributed by atoms with Gasteiger partial charge >= 0.3 is 0 Å². The fraction of sp³-hybridized carbons (Fsp3) is 0.364. The SMILES string of the molecule is C=CC(=O)c1c(C)cccc1COc1cccc(OCc2cc(C)c(C(C)C)cc2C(C)C)c1.CC.[HH]. The largest absolute Gasteiger partial charge is 0.489 e. The zero-order chi connectivity index (χ0) is 26.8. The van der Waals surface area contributed by atoms with E-state index in [4.69, 9.17) is 9.47 Å².